The summed E-state index contributed by atoms with van der Waals surface area (Å²) >= 11 is 1.24. The van der Waals surface area contributed by atoms with E-state index in [4.69, 9.17) is 14.2 Å². The molecule has 4 rings (SSSR count). The number of rotatable bonds is 11. The molecular formula is C28H30FN3O6S. The molecule has 2 aromatic carbocycles. The molecule has 0 bridgehead atoms. The van der Waals surface area contributed by atoms with E-state index in [9.17, 15) is 18.8 Å². The largest absolute Gasteiger partial charge is 0.493 e. The number of hydrogen-bond acceptors (Lipinski definition) is 7. The normalized spacial score (nSPS) is 15.3. The third-order valence-corrected chi connectivity index (χ3v) is 7.15. The minimum absolute atomic E-state index is 0.125. The maximum Gasteiger partial charge on any atom is 0.261 e. The van der Waals surface area contributed by atoms with Gasteiger partial charge >= 0.3 is 0 Å². The molecule has 1 fully saturated rings. The van der Waals surface area contributed by atoms with E-state index >= 15 is 0 Å². The number of hydrogen-bond donors (Lipinski definition) is 2. The summed E-state index contributed by atoms with van der Waals surface area (Å²) in [6, 6.07) is 12.3. The lowest BCUT2D eigenvalue weighted by atomic mass is 10.0. The molecule has 0 saturated carbocycles. The molecule has 206 valence electrons. The van der Waals surface area contributed by atoms with Crippen molar-refractivity contribution < 1.29 is 33.0 Å². The Morgan fingerprint density at radius 2 is 1.85 bits per heavy atom. The van der Waals surface area contributed by atoms with E-state index in [1.807, 2.05) is 0 Å². The van der Waals surface area contributed by atoms with Gasteiger partial charge in [-0.1, -0.05) is 12.1 Å². The molecule has 1 aliphatic heterocycles. The van der Waals surface area contributed by atoms with Gasteiger partial charge in [0.15, 0.2) is 11.5 Å². The fraction of sp³-hybridized carbons (Fsp3) is 0.321. The number of ether oxygens (including phenoxy) is 3. The van der Waals surface area contributed by atoms with Crippen LogP contribution in [-0.4, -0.2) is 57.7 Å². The minimum Gasteiger partial charge on any atom is -0.493 e. The van der Waals surface area contributed by atoms with Crippen LogP contribution in [0.2, 0.25) is 0 Å². The zero-order valence-electron chi connectivity index (χ0n) is 21.6. The highest BCUT2D eigenvalue weighted by molar-refractivity contribution is 7.12. The molecule has 2 atom stereocenters. The van der Waals surface area contributed by atoms with E-state index in [0.717, 1.165) is 12.8 Å². The Balaban J connectivity index is 1.70. The highest BCUT2D eigenvalue weighted by atomic mass is 32.1. The summed E-state index contributed by atoms with van der Waals surface area (Å²) in [5.41, 5.74) is 0.707. The first-order valence-corrected chi connectivity index (χ1v) is 13.3. The maximum absolute atomic E-state index is 13.8. The zero-order valence-corrected chi connectivity index (χ0v) is 22.5. The van der Waals surface area contributed by atoms with Crippen molar-refractivity contribution in [2.24, 2.45) is 0 Å². The monoisotopic (exact) mass is 555 g/mol. The number of carbonyl (C=O) groups excluding carboxylic acids is 3. The van der Waals surface area contributed by atoms with Gasteiger partial charge in [0, 0.05) is 18.8 Å². The molecule has 0 unspecified atom stereocenters. The molecular weight excluding hydrogens is 525 g/mol. The van der Waals surface area contributed by atoms with Gasteiger partial charge in [-0.25, -0.2) is 4.39 Å². The molecule has 2 heterocycles. The number of benzene rings is 2. The van der Waals surface area contributed by atoms with Crippen molar-refractivity contribution in [1.82, 2.24) is 10.6 Å². The van der Waals surface area contributed by atoms with Gasteiger partial charge in [-0.2, -0.15) is 0 Å². The molecule has 1 aromatic heterocycles. The molecule has 3 amide bonds. The minimum atomic E-state index is -1.18. The van der Waals surface area contributed by atoms with Crippen LogP contribution < -0.4 is 25.0 Å². The summed E-state index contributed by atoms with van der Waals surface area (Å²) in [4.78, 5) is 41.7. The summed E-state index contributed by atoms with van der Waals surface area (Å²) in [7, 11) is 2.96. The second-order valence-corrected chi connectivity index (χ2v) is 9.74. The van der Waals surface area contributed by atoms with E-state index in [-0.39, 0.29) is 18.3 Å². The molecule has 1 aliphatic rings. The van der Waals surface area contributed by atoms with Gasteiger partial charge in [0.25, 0.3) is 5.91 Å². The fourth-order valence-corrected chi connectivity index (χ4v) is 4.97. The van der Waals surface area contributed by atoms with E-state index in [0.29, 0.717) is 28.5 Å². The smallest absolute Gasteiger partial charge is 0.261 e. The van der Waals surface area contributed by atoms with Gasteiger partial charge in [0.2, 0.25) is 11.8 Å². The number of anilines is 1. The molecule has 3 aromatic rings. The highest BCUT2D eigenvalue weighted by Crippen LogP contribution is 2.34. The van der Waals surface area contributed by atoms with E-state index < -0.39 is 36.1 Å². The Labute approximate surface area is 229 Å². The van der Waals surface area contributed by atoms with Gasteiger partial charge in [0.05, 0.1) is 31.7 Å². The quantitative estimate of drug-likeness (QED) is 0.374. The number of nitrogens with one attached hydrogen (secondary N) is 2. The first-order valence-electron chi connectivity index (χ1n) is 12.4. The standard InChI is InChI=1S/C28H30FN3O6S/c1-36-22-12-7-18(15-23(22)37-2)26(28(35)30-16-21-5-3-13-38-21)32(20-10-8-19(29)9-11-20)25(33)17-31-27(34)24-6-4-14-39-24/h4,6-12,14-15,21,26H,3,5,13,16-17H2,1-2H3,(H,30,35)(H,31,34)/t21-,26-/m1/s1. The lowest BCUT2D eigenvalue weighted by molar-refractivity contribution is -0.126. The highest BCUT2D eigenvalue weighted by Gasteiger charge is 2.34. The van der Waals surface area contributed by atoms with Crippen LogP contribution in [0.3, 0.4) is 0 Å². The number of methoxy groups -OCH3 is 2. The molecule has 0 spiro atoms. The van der Waals surface area contributed by atoms with Crippen LogP contribution in [-0.2, 0) is 14.3 Å². The summed E-state index contributed by atoms with van der Waals surface area (Å²) in [5.74, 6) is -1.14. The van der Waals surface area contributed by atoms with Crippen molar-refractivity contribution in [1.29, 1.82) is 0 Å². The van der Waals surface area contributed by atoms with Crippen LogP contribution in [0.4, 0.5) is 10.1 Å². The van der Waals surface area contributed by atoms with Crippen LogP contribution in [0.25, 0.3) is 0 Å². The van der Waals surface area contributed by atoms with Crippen LogP contribution in [0.5, 0.6) is 11.5 Å². The van der Waals surface area contributed by atoms with Crippen molar-refractivity contribution in [2.75, 3.05) is 38.8 Å². The fourth-order valence-electron chi connectivity index (χ4n) is 4.33. The lowest BCUT2D eigenvalue weighted by Gasteiger charge is -2.32. The Bertz CT molecular complexity index is 1280. The predicted molar refractivity (Wildman–Crippen MR) is 145 cm³/mol. The molecule has 0 radical (unpaired) electrons. The molecule has 1 saturated heterocycles. The SMILES string of the molecule is COc1ccc([C@H](C(=O)NC[C@H]2CCCO2)N(C(=O)CNC(=O)c2cccs2)c2ccc(F)cc2)cc1OC. The van der Waals surface area contributed by atoms with Crippen LogP contribution >= 0.6 is 11.3 Å². The molecule has 39 heavy (non-hydrogen) atoms. The van der Waals surface area contributed by atoms with Crippen LogP contribution in [0.15, 0.2) is 60.0 Å². The number of amides is 3. The Hall–Kier alpha value is -3.96. The lowest BCUT2D eigenvalue weighted by Crippen LogP contribution is -2.48. The summed E-state index contributed by atoms with van der Waals surface area (Å²) in [6.07, 6.45) is 1.60. The molecule has 11 heteroatoms. The van der Waals surface area contributed by atoms with Crippen molar-refractivity contribution in [3.8, 4) is 11.5 Å². The average Bonchev–Trinajstić information content (AvgIpc) is 3.68. The van der Waals surface area contributed by atoms with Gasteiger partial charge in [-0.3, -0.25) is 19.3 Å². The van der Waals surface area contributed by atoms with E-state index in [1.165, 1.54) is 54.7 Å². The maximum atomic E-state index is 13.8. The van der Waals surface area contributed by atoms with E-state index in [1.54, 1.807) is 35.7 Å². The molecule has 9 nitrogen and oxygen atoms in total. The van der Waals surface area contributed by atoms with Gasteiger partial charge in [0.1, 0.15) is 11.9 Å². The second-order valence-electron chi connectivity index (χ2n) is 8.80. The third kappa shape index (κ3) is 6.92. The van der Waals surface area contributed by atoms with Gasteiger partial charge < -0.3 is 24.8 Å². The first kappa shape index (κ1) is 28.1. The van der Waals surface area contributed by atoms with Crippen molar-refractivity contribution in [3.63, 3.8) is 0 Å². The number of thiophene rings is 1. The Morgan fingerprint density at radius 1 is 1.08 bits per heavy atom. The van der Waals surface area contributed by atoms with Crippen molar-refractivity contribution in [3.05, 3.63) is 76.2 Å². The predicted octanol–water partition coefficient (Wildman–Crippen LogP) is 3.70. The Kier molecular flexibility index (Phi) is 9.50. The van der Waals surface area contributed by atoms with Crippen molar-refractivity contribution >= 4 is 34.7 Å². The number of halogens is 1. The average molecular weight is 556 g/mol. The zero-order chi connectivity index (χ0) is 27.8. The summed E-state index contributed by atoms with van der Waals surface area (Å²) in [5, 5.41) is 7.28. The summed E-state index contributed by atoms with van der Waals surface area (Å²) < 4.78 is 30.3. The first-order chi connectivity index (χ1) is 18.9. The van der Waals surface area contributed by atoms with Gasteiger partial charge in [-0.15, -0.1) is 11.3 Å². The third-order valence-electron chi connectivity index (χ3n) is 6.28. The topological polar surface area (TPSA) is 106 Å². The summed E-state index contributed by atoms with van der Waals surface area (Å²) in [6.45, 7) is 0.504. The number of carbonyl (C=O) groups is 3. The molecule has 0 aliphatic carbocycles. The Morgan fingerprint density at radius 3 is 2.49 bits per heavy atom. The second kappa shape index (κ2) is 13.2. The number of nitrogens with zero attached hydrogens (tertiary/aromatic N) is 1. The van der Waals surface area contributed by atoms with Gasteiger partial charge in [-0.05, 0) is 66.2 Å². The van der Waals surface area contributed by atoms with E-state index in [2.05, 4.69) is 10.6 Å². The van der Waals surface area contributed by atoms with Crippen LogP contribution in [0.1, 0.15) is 34.1 Å². The van der Waals surface area contributed by atoms with Crippen LogP contribution in [0, 0.1) is 5.82 Å². The molecule has 2 N–H and O–H groups in total. The van der Waals surface area contributed by atoms with Crippen molar-refractivity contribution in [2.45, 2.75) is 25.0 Å².